The van der Waals surface area contributed by atoms with Crippen LogP contribution in [0.2, 0.25) is 0 Å². The van der Waals surface area contributed by atoms with Crippen LogP contribution >= 0.6 is 0 Å². The van der Waals surface area contributed by atoms with Crippen LogP contribution in [0, 0.1) is 0 Å². The van der Waals surface area contributed by atoms with Gasteiger partial charge in [-0.2, -0.15) is 0 Å². The highest BCUT2D eigenvalue weighted by molar-refractivity contribution is 5.44. The summed E-state index contributed by atoms with van der Waals surface area (Å²) in [6.07, 6.45) is 1.54. The van der Waals surface area contributed by atoms with Crippen LogP contribution in [0.25, 0.3) is 0 Å². The molecule has 0 spiro atoms. The Bertz CT molecular complexity index is 876. The Morgan fingerprint density at radius 2 is 1.34 bits per heavy atom. The van der Waals surface area contributed by atoms with Gasteiger partial charge in [-0.3, -0.25) is 0 Å². The molecule has 0 aliphatic heterocycles. The Hall–Kier alpha value is -2.82. The quantitative estimate of drug-likeness (QED) is 0.500. The first kappa shape index (κ1) is 20.9. The summed E-state index contributed by atoms with van der Waals surface area (Å²) in [6, 6.07) is 25.0. The molecule has 0 heterocycles. The second kappa shape index (κ2) is 10.1. The molecule has 4 heteroatoms. The lowest BCUT2D eigenvalue weighted by Gasteiger charge is -2.24. The predicted octanol–water partition coefficient (Wildman–Crippen LogP) is 4.48. The number of aliphatic hydroxyl groups is 2. The molecule has 2 N–H and O–H groups in total. The fraction of sp³-hybridized carbons (Fsp3) is 0.280. The average Bonchev–Trinajstić information content (AvgIpc) is 2.75. The van der Waals surface area contributed by atoms with Crippen LogP contribution in [-0.2, 0) is 18.6 Å². The molecule has 0 unspecified atom stereocenters. The minimum absolute atomic E-state index is 0.191. The molecule has 0 amide bonds. The van der Waals surface area contributed by atoms with Crippen LogP contribution in [-0.4, -0.2) is 23.4 Å². The van der Waals surface area contributed by atoms with Gasteiger partial charge in [0.2, 0.25) is 0 Å². The lowest BCUT2D eigenvalue weighted by molar-refractivity contribution is -0.174. The molecule has 0 saturated carbocycles. The van der Waals surface area contributed by atoms with E-state index in [0.717, 1.165) is 12.0 Å². The van der Waals surface area contributed by atoms with Gasteiger partial charge in [-0.05, 0) is 42.7 Å². The maximum absolute atomic E-state index is 10.6. The smallest absolute Gasteiger partial charge is 0.190 e. The van der Waals surface area contributed by atoms with Gasteiger partial charge in [-0.15, -0.1) is 0 Å². The topological polar surface area (TPSA) is 58.9 Å². The molecule has 0 atom stereocenters. The molecule has 0 fully saturated rings. The summed E-state index contributed by atoms with van der Waals surface area (Å²) in [6.45, 7) is 2.87. The largest absolute Gasteiger partial charge is 0.490 e. The van der Waals surface area contributed by atoms with Crippen LogP contribution in [0.3, 0.4) is 0 Å². The lowest BCUT2D eigenvalue weighted by Crippen LogP contribution is -2.25. The fourth-order valence-corrected chi connectivity index (χ4v) is 3.18. The van der Waals surface area contributed by atoms with Crippen LogP contribution in [0.4, 0.5) is 0 Å². The van der Waals surface area contributed by atoms with Crippen molar-refractivity contribution in [1.29, 1.82) is 0 Å². The first-order valence-corrected chi connectivity index (χ1v) is 10.0. The van der Waals surface area contributed by atoms with Gasteiger partial charge in [0.1, 0.15) is 0 Å². The Labute approximate surface area is 172 Å². The normalized spacial score (nSPS) is 11.3. The van der Waals surface area contributed by atoms with E-state index < -0.39 is 5.79 Å². The van der Waals surface area contributed by atoms with Crippen molar-refractivity contribution < 1.29 is 19.7 Å². The molecule has 3 aromatic carbocycles. The third-order valence-electron chi connectivity index (χ3n) is 4.80. The Morgan fingerprint density at radius 1 is 0.724 bits per heavy atom. The summed E-state index contributed by atoms with van der Waals surface area (Å²) in [7, 11) is 0. The molecule has 0 bridgehead atoms. The van der Waals surface area contributed by atoms with Crippen molar-refractivity contribution in [2.75, 3.05) is 13.2 Å². The molecule has 0 aliphatic carbocycles. The van der Waals surface area contributed by atoms with E-state index in [2.05, 4.69) is 12.1 Å². The number of aryl methyl sites for hydroxylation is 1. The van der Waals surface area contributed by atoms with Gasteiger partial charge in [0.15, 0.2) is 17.3 Å². The summed E-state index contributed by atoms with van der Waals surface area (Å²) < 4.78 is 11.6. The zero-order valence-corrected chi connectivity index (χ0v) is 16.8. The van der Waals surface area contributed by atoms with Gasteiger partial charge in [-0.25, -0.2) is 0 Å². The highest BCUT2D eigenvalue weighted by Crippen LogP contribution is 2.34. The summed E-state index contributed by atoms with van der Waals surface area (Å²) in [5, 5.41) is 21.2. The van der Waals surface area contributed by atoms with Crippen molar-refractivity contribution in [3.05, 3.63) is 95.6 Å². The zero-order valence-electron chi connectivity index (χ0n) is 16.8. The molecule has 152 valence electrons. The zero-order chi connectivity index (χ0) is 20.5. The molecule has 3 aromatic rings. The van der Waals surface area contributed by atoms with E-state index in [1.165, 1.54) is 5.56 Å². The van der Waals surface area contributed by atoms with Crippen molar-refractivity contribution in [3.8, 4) is 11.5 Å². The number of benzene rings is 3. The molecule has 0 aromatic heterocycles. The number of ether oxygens (including phenoxy) is 2. The molecule has 0 saturated heterocycles. The maximum atomic E-state index is 10.6. The predicted molar refractivity (Wildman–Crippen MR) is 114 cm³/mol. The van der Waals surface area contributed by atoms with E-state index in [1.54, 1.807) is 18.2 Å². The minimum Gasteiger partial charge on any atom is -0.490 e. The van der Waals surface area contributed by atoms with E-state index in [4.69, 9.17) is 9.47 Å². The Morgan fingerprint density at radius 3 is 1.97 bits per heavy atom. The second-order valence-corrected chi connectivity index (χ2v) is 6.98. The monoisotopic (exact) mass is 392 g/mol. The van der Waals surface area contributed by atoms with Crippen LogP contribution < -0.4 is 9.47 Å². The van der Waals surface area contributed by atoms with E-state index in [1.807, 2.05) is 55.5 Å². The molecular formula is C25H28O4. The van der Waals surface area contributed by atoms with Crippen LogP contribution in [0.5, 0.6) is 11.5 Å². The number of hydrogen-bond donors (Lipinski definition) is 2. The van der Waals surface area contributed by atoms with Gasteiger partial charge >= 0.3 is 0 Å². The number of rotatable bonds is 10. The standard InChI is InChI=1S/C25H28O4/c1-2-28-24-19-22(25(26,27)17-15-20-9-5-3-6-10-20)13-14-23(24)29-18-16-21-11-7-4-8-12-21/h3-14,19,26-27H,2,15-18H2,1H3. The third kappa shape index (κ3) is 6.08. The Kier molecular flexibility index (Phi) is 7.28. The molecule has 3 rings (SSSR count). The van der Waals surface area contributed by atoms with Gasteiger partial charge in [-0.1, -0.05) is 60.7 Å². The van der Waals surface area contributed by atoms with Gasteiger partial charge < -0.3 is 19.7 Å². The highest BCUT2D eigenvalue weighted by atomic mass is 16.5. The van der Waals surface area contributed by atoms with Crippen molar-refractivity contribution in [2.45, 2.75) is 32.0 Å². The first-order chi connectivity index (χ1) is 14.1. The summed E-state index contributed by atoms with van der Waals surface area (Å²) in [5.74, 6) is -0.819. The molecule has 0 radical (unpaired) electrons. The third-order valence-corrected chi connectivity index (χ3v) is 4.80. The molecular weight excluding hydrogens is 364 g/mol. The van der Waals surface area contributed by atoms with Gasteiger partial charge in [0.25, 0.3) is 0 Å². The first-order valence-electron chi connectivity index (χ1n) is 10.0. The second-order valence-electron chi connectivity index (χ2n) is 6.98. The maximum Gasteiger partial charge on any atom is 0.190 e. The van der Waals surface area contributed by atoms with Crippen molar-refractivity contribution in [2.24, 2.45) is 0 Å². The van der Waals surface area contributed by atoms with E-state index >= 15 is 0 Å². The summed E-state index contributed by atoms with van der Waals surface area (Å²) in [4.78, 5) is 0. The Balaban J connectivity index is 1.67. The van der Waals surface area contributed by atoms with Gasteiger partial charge in [0, 0.05) is 18.4 Å². The molecule has 4 nitrogen and oxygen atoms in total. The SMILES string of the molecule is CCOc1cc(C(O)(O)CCc2ccccc2)ccc1OCCc1ccccc1. The van der Waals surface area contributed by atoms with Crippen molar-refractivity contribution >= 4 is 0 Å². The van der Waals surface area contributed by atoms with Crippen molar-refractivity contribution in [1.82, 2.24) is 0 Å². The highest BCUT2D eigenvalue weighted by Gasteiger charge is 2.27. The molecule has 0 aliphatic rings. The van der Waals surface area contributed by atoms with Gasteiger partial charge in [0.05, 0.1) is 13.2 Å². The van der Waals surface area contributed by atoms with E-state index in [-0.39, 0.29) is 6.42 Å². The molecule has 29 heavy (non-hydrogen) atoms. The minimum atomic E-state index is -1.94. The van der Waals surface area contributed by atoms with Crippen LogP contribution in [0.1, 0.15) is 30.0 Å². The number of hydrogen-bond acceptors (Lipinski definition) is 4. The lowest BCUT2D eigenvalue weighted by atomic mass is 9.97. The fourth-order valence-electron chi connectivity index (χ4n) is 3.18. The van der Waals surface area contributed by atoms with Crippen molar-refractivity contribution in [3.63, 3.8) is 0 Å². The van der Waals surface area contributed by atoms with E-state index in [9.17, 15) is 10.2 Å². The summed E-state index contributed by atoms with van der Waals surface area (Å²) >= 11 is 0. The van der Waals surface area contributed by atoms with E-state index in [0.29, 0.717) is 36.7 Å². The summed E-state index contributed by atoms with van der Waals surface area (Å²) in [5.41, 5.74) is 2.66. The van der Waals surface area contributed by atoms with Crippen LogP contribution in [0.15, 0.2) is 78.9 Å². The average molecular weight is 392 g/mol.